The van der Waals surface area contributed by atoms with Crippen LogP contribution in [0.4, 0.5) is 5.69 Å². The Bertz CT molecular complexity index is 889. The van der Waals surface area contributed by atoms with Crippen LogP contribution in [0.2, 0.25) is 0 Å². The quantitative estimate of drug-likeness (QED) is 0.782. The highest BCUT2D eigenvalue weighted by Gasteiger charge is 2.33. The first-order valence-electron chi connectivity index (χ1n) is 8.09. The maximum atomic E-state index is 13.1. The van der Waals surface area contributed by atoms with E-state index in [1.807, 2.05) is 60.7 Å². The van der Waals surface area contributed by atoms with Gasteiger partial charge in [0, 0.05) is 5.69 Å². The molecule has 1 atom stereocenters. The summed E-state index contributed by atoms with van der Waals surface area (Å²) in [5.74, 6) is 1.46. The Labute approximate surface area is 145 Å². The number of nitrogens with zero attached hydrogens (tertiary/aromatic N) is 1. The molecule has 0 saturated carbocycles. The van der Waals surface area contributed by atoms with Crippen LogP contribution in [0.25, 0.3) is 0 Å². The summed E-state index contributed by atoms with van der Waals surface area (Å²) in [5, 5.41) is 3.47. The predicted octanol–water partition coefficient (Wildman–Crippen LogP) is 4.05. The smallest absolute Gasteiger partial charge is 0.258 e. The lowest BCUT2D eigenvalue weighted by Gasteiger charge is -2.37. The van der Waals surface area contributed by atoms with Crippen molar-refractivity contribution in [3.8, 4) is 5.75 Å². The van der Waals surface area contributed by atoms with E-state index in [-0.39, 0.29) is 12.1 Å². The van der Waals surface area contributed by atoms with Gasteiger partial charge in [-0.2, -0.15) is 0 Å². The SMILES string of the molecule is COc1cccc([C@@H]2Nc3ccccc3C(=O)N2Cc2ccco2)c1. The van der Waals surface area contributed by atoms with E-state index in [2.05, 4.69) is 5.32 Å². The summed E-state index contributed by atoms with van der Waals surface area (Å²) in [6.45, 7) is 0.384. The fourth-order valence-electron chi connectivity index (χ4n) is 3.10. The van der Waals surface area contributed by atoms with Crippen molar-refractivity contribution in [1.29, 1.82) is 0 Å². The minimum atomic E-state index is -0.303. The van der Waals surface area contributed by atoms with Crippen LogP contribution in [0.3, 0.4) is 0 Å². The molecule has 126 valence electrons. The molecule has 0 bridgehead atoms. The molecule has 2 heterocycles. The molecule has 1 N–H and O–H groups in total. The number of hydrogen-bond donors (Lipinski definition) is 1. The number of furan rings is 1. The van der Waals surface area contributed by atoms with Gasteiger partial charge in [0.15, 0.2) is 0 Å². The number of para-hydroxylation sites is 1. The standard InChI is InChI=1S/C20H18N2O3/c1-24-15-7-4-6-14(12-15)19-21-18-10-3-2-9-17(18)20(23)22(19)13-16-8-5-11-25-16/h2-12,19,21H,13H2,1H3/t19-/m1/s1. The van der Waals surface area contributed by atoms with Crippen molar-refractivity contribution in [1.82, 2.24) is 4.90 Å². The Morgan fingerprint density at radius 3 is 2.80 bits per heavy atom. The normalized spacial score (nSPS) is 16.3. The van der Waals surface area contributed by atoms with Crippen molar-refractivity contribution in [2.45, 2.75) is 12.7 Å². The van der Waals surface area contributed by atoms with Crippen LogP contribution in [0.1, 0.15) is 27.8 Å². The number of carbonyl (C=O) groups excluding carboxylic acids is 1. The van der Waals surface area contributed by atoms with Crippen molar-refractivity contribution in [3.63, 3.8) is 0 Å². The summed E-state index contributed by atoms with van der Waals surface area (Å²) in [5.41, 5.74) is 2.44. The van der Waals surface area contributed by atoms with Gasteiger partial charge in [-0.25, -0.2) is 0 Å². The van der Waals surface area contributed by atoms with E-state index >= 15 is 0 Å². The first kappa shape index (κ1) is 15.3. The minimum Gasteiger partial charge on any atom is -0.497 e. The molecule has 0 fully saturated rings. The van der Waals surface area contributed by atoms with Crippen molar-refractivity contribution < 1.29 is 13.9 Å². The second kappa shape index (κ2) is 6.36. The van der Waals surface area contributed by atoms with Gasteiger partial charge in [0.25, 0.3) is 5.91 Å². The molecular formula is C20H18N2O3. The number of methoxy groups -OCH3 is 1. The fourth-order valence-corrected chi connectivity index (χ4v) is 3.10. The summed E-state index contributed by atoms with van der Waals surface area (Å²) in [4.78, 5) is 14.9. The number of fused-ring (bicyclic) bond motifs is 1. The number of hydrogen-bond acceptors (Lipinski definition) is 4. The molecule has 1 aliphatic rings. The monoisotopic (exact) mass is 334 g/mol. The Kier molecular flexibility index (Phi) is 3.90. The number of nitrogens with one attached hydrogen (secondary N) is 1. The zero-order valence-electron chi connectivity index (χ0n) is 13.8. The molecule has 4 rings (SSSR count). The highest BCUT2D eigenvalue weighted by molar-refractivity contribution is 6.01. The summed E-state index contributed by atoms with van der Waals surface area (Å²) in [7, 11) is 1.63. The average Bonchev–Trinajstić information content (AvgIpc) is 3.17. The number of benzene rings is 2. The minimum absolute atomic E-state index is 0.0291. The number of anilines is 1. The lowest BCUT2D eigenvalue weighted by Crippen LogP contribution is -2.42. The largest absolute Gasteiger partial charge is 0.497 e. The molecule has 5 heteroatoms. The van der Waals surface area contributed by atoms with Gasteiger partial charge in [0.2, 0.25) is 0 Å². The van der Waals surface area contributed by atoms with Gasteiger partial charge in [-0.15, -0.1) is 0 Å². The fraction of sp³-hybridized carbons (Fsp3) is 0.150. The molecule has 1 aromatic heterocycles. The second-order valence-corrected chi connectivity index (χ2v) is 5.88. The molecule has 1 aliphatic heterocycles. The van der Waals surface area contributed by atoms with Crippen LogP contribution < -0.4 is 10.1 Å². The van der Waals surface area contributed by atoms with E-state index < -0.39 is 0 Å². The Morgan fingerprint density at radius 1 is 1.12 bits per heavy atom. The van der Waals surface area contributed by atoms with Gasteiger partial charge in [-0.1, -0.05) is 24.3 Å². The molecular weight excluding hydrogens is 316 g/mol. The molecule has 0 radical (unpaired) electrons. The van der Waals surface area contributed by atoms with Crippen molar-refractivity contribution in [3.05, 3.63) is 83.8 Å². The average molecular weight is 334 g/mol. The molecule has 0 unspecified atom stereocenters. The Morgan fingerprint density at radius 2 is 2.00 bits per heavy atom. The maximum absolute atomic E-state index is 13.1. The van der Waals surface area contributed by atoms with Gasteiger partial charge in [-0.05, 0) is 42.0 Å². The van der Waals surface area contributed by atoms with Gasteiger partial charge >= 0.3 is 0 Å². The predicted molar refractivity (Wildman–Crippen MR) is 94.4 cm³/mol. The Balaban J connectivity index is 1.77. The van der Waals surface area contributed by atoms with Crippen molar-refractivity contribution in [2.24, 2.45) is 0 Å². The van der Waals surface area contributed by atoms with Crippen LogP contribution in [-0.4, -0.2) is 17.9 Å². The molecule has 1 amide bonds. The molecule has 0 spiro atoms. The topological polar surface area (TPSA) is 54.7 Å². The first-order valence-corrected chi connectivity index (χ1v) is 8.09. The molecule has 25 heavy (non-hydrogen) atoms. The van der Waals surface area contributed by atoms with Crippen molar-refractivity contribution >= 4 is 11.6 Å². The third kappa shape index (κ3) is 2.85. The van der Waals surface area contributed by atoms with Crippen LogP contribution in [-0.2, 0) is 6.54 Å². The van der Waals surface area contributed by atoms with Crippen LogP contribution >= 0.6 is 0 Å². The van der Waals surface area contributed by atoms with E-state index in [0.29, 0.717) is 12.1 Å². The van der Waals surface area contributed by atoms with Crippen LogP contribution in [0.15, 0.2) is 71.3 Å². The molecule has 2 aromatic carbocycles. The number of ether oxygens (including phenoxy) is 1. The third-order valence-corrected chi connectivity index (χ3v) is 4.34. The number of carbonyl (C=O) groups is 1. The number of amides is 1. The zero-order chi connectivity index (χ0) is 17.2. The maximum Gasteiger partial charge on any atom is 0.258 e. The van der Waals surface area contributed by atoms with Gasteiger partial charge in [-0.3, -0.25) is 4.79 Å². The summed E-state index contributed by atoms with van der Waals surface area (Å²) in [6.07, 6.45) is 1.31. The third-order valence-electron chi connectivity index (χ3n) is 4.34. The second-order valence-electron chi connectivity index (χ2n) is 5.88. The molecule has 0 aliphatic carbocycles. The van der Waals surface area contributed by atoms with E-state index in [1.54, 1.807) is 18.3 Å². The van der Waals surface area contributed by atoms with Gasteiger partial charge in [0.1, 0.15) is 17.7 Å². The lowest BCUT2D eigenvalue weighted by molar-refractivity contribution is 0.0651. The van der Waals surface area contributed by atoms with E-state index in [0.717, 1.165) is 22.8 Å². The van der Waals surface area contributed by atoms with Crippen LogP contribution in [0.5, 0.6) is 5.75 Å². The first-order chi connectivity index (χ1) is 12.3. The highest BCUT2D eigenvalue weighted by atomic mass is 16.5. The van der Waals surface area contributed by atoms with Crippen molar-refractivity contribution in [2.75, 3.05) is 12.4 Å². The van der Waals surface area contributed by atoms with Crippen LogP contribution in [0, 0.1) is 0 Å². The van der Waals surface area contributed by atoms with Gasteiger partial charge in [0.05, 0.1) is 25.5 Å². The lowest BCUT2D eigenvalue weighted by atomic mass is 10.0. The molecule has 3 aromatic rings. The molecule has 5 nitrogen and oxygen atoms in total. The van der Waals surface area contributed by atoms with Gasteiger partial charge < -0.3 is 19.4 Å². The van der Waals surface area contributed by atoms with E-state index in [1.165, 1.54) is 0 Å². The number of rotatable bonds is 4. The summed E-state index contributed by atoms with van der Waals surface area (Å²) in [6, 6.07) is 19.0. The van der Waals surface area contributed by atoms with E-state index in [4.69, 9.17) is 9.15 Å². The highest BCUT2D eigenvalue weighted by Crippen LogP contribution is 2.35. The Hall–Kier alpha value is -3.21. The molecule has 0 saturated heterocycles. The summed E-state index contributed by atoms with van der Waals surface area (Å²) < 4.78 is 10.8. The summed E-state index contributed by atoms with van der Waals surface area (Å²) >= 11 is 0. The van der Waals surface area contributed by atoms with E-state index in [9.17, 15) is 4.79 Å². The zero-order valence-corrected chi connectivity index (χ0v) is 13.8.